The minimum Gasteiger partial charge on any atom is -0.245 e. The molecule has 1 rings (SSSR count). The van der Waals surface area contributed by atoms with Crippen molar-refractivity contribution in [3.63, 3.8) is 0 Å². The Kier molecular flexibility index (Phi) is 2.95. The van der Waals surface area contributed by atoms with Gasteiger partial charge in [-0.1, -0.05) is 12.0 Å². The summed E-state index contributed by atoms with van der Waals surface area (Å²) >= 11 is 5.39. The Labute approximate surface area is 71.4 Å². The summed E-state index contributed by atoms with van der Waals surface area (Å²) in [5.41, 5.74) is 1.76. The number of hydrogen-bond donors (Lipinski definition) is 0. The van der Waals surface area contributed by atoms with Crippen LogP contribution in [0.15, 0.2) is 18.2 Å². The van der Waals surface area contributed by atoms with E-state index >= 15 is 0 Å². The first-order valence-corrected chi connectivity index (χ1v) is 3.85. The summed E-state index contributed by atoms with van der Waals surface area (Å²) < 4.78 is 0. The van der Waals surface area contributed by atoms with Crippen molar-refractivity contribution in [2.45, 2.75) is 6.92 Å². The first-order valence-electron chi connectivity index (χ1n) is 3.31. The van der Waals surface area contributed by atoms with Crippen LogP contribution < -0.4 is 0 Å². The molecule has 1 aromatic heterocycles. The third kappa shape index (κ3) is 2.61. The minimum atomic E-state index is 0.357. The van der Waals surface area contributed by atoms with Gasteiger partial charge in [-0.25, -0.2) is 4.98 Å². The van der Waals surface area contributed by atoms with Gasteiger partial charge in [0.25, 0.3) is 0 Å². The highest BCUT2D eigenvalue weighted by atomic mass is 35.5. The van der Waals surface area contributed by atoms with Gasteiger partial charge in [0.15, 0.2) is 0 Å². The number of aryl methyl sites for hydroxylation is 1. The fourth-order valence-electron chi connectivity index (χ4n) is 0.737. The SMILES string of the molecule is Cc1cccc(C#CCCl)n1. The normalized spacial score (nSPS) is 8.55. The number of alkyl halides is 1. The van der Waals surface area contributed by atoms with Crippen molar-refractivity contribution in [3.05, 3.63) is 29.6 Å². The van der Waals surface area contributed by atoms with Crippen LogP contribution in [0, 0.1) is 18.8 Å². The van der Waals surface area contributed by atoms with E-state index in [1.54, 1.807) is 0 Å². The zero-order valence-electron chi connectivity index (χ0n) is 6.26. The predicted molar refractivity (Wildman–Crippen MR) is 46.6 cm³/mol. The highest BCUT2D eigenvalue weighted by molar-refractivity contribution is 6.19. The topological polar surface area (TPSA) is 12.9 Å². The second-order valence-corrected chi connectivity index (χ2v) is 2.37. The maximum absolute atomic E-state index is 5.39. The molecule has 0 atom stereocenters. The minimum absolute atomic E-state index is 0.357. The van der Waals surface area contributed by atoms with Gasteiger partial charge in [-0.15, -0.1) is 11.6 Å². The summed E-state index contributed by atoms with van der Waals surface area (Å²) in [5, 5.41) is 0. The van der Waals surface area contributed by atoms with Gasteiger partial charge in [-0.05, 0) is 25.0 Å². The molecule has 0 aliphatic rings. The monoisotopic (exact) mass is 165 g/mol. The van der Waals surface area contributed by atoms with Gasteiger partial charge in [0.1, 0.15) is 5.69 Å². The molecule has 0 saturated carbocycles. The first-order chi connectivity index (χ1) is 5.33. The van der Waals surface area contributed by atoms with Gasteiger partial charge in [0.2, 0.25) is 0 Å². The zero-order valence-corrected chi connectivity index (χ0v) is 7.02. The summed E-state index contributed by atoms with van der Waals surface area (Å²) in [6.45, 7) is 1.94. The van der Waals surface area contributed by atoms with Crippen LogP contribution in [0.5, 0.6) is 0 Å². The molecule has 0 spiro atoms. The molecule has 0 aliphatic heterocycles. The van der Waals surface area contributed by atoms with Crippen molar-refractivity contribution in [2.24, 2.45) is 0 Å². The Hall–Kier alpha value is -1.00. The molecule has 0 radical (unpaired) electrons. The Morgan fingerprint density at radius 3 is 3.00 bits per heavy atom. The lowest BCUT2D eigenvalue weighted by Gasteiger charge is -1.90. The summed E-state index contributed by atoms with van der Waals surface area (Å²) in [5.74, 6) is 5.94. The van der Waals surface area contributed by atoms with Gasteiger partial charge in [0, 0.05) is 5.69 Å². The van der Waals surface area contributed by atoms with Gasteiger partial charge >= 0.3 is 0 Å². The fraction of sp³-hybridized carbons (Fsp3) is 0.222. The van der Waals surface area contributed by atoms with E-state index in [1.807, 2.05) is 25.1 Å². The molecule has 1 aromatic rings. The summed E-state index contributed by atoms with van der Waals surface area (Å²) in [7, 11) is 0. The molecule has 0 amide bonds. The van der Waals surface area contributed by atoms with Crippen LogP contribution in [0.3, 0.4) is 0 Å². The Balaban J connectivity index is 2.87. The van der Waals surface area contributed by atoms with E-state index in [2.05, 4.69) is 16.8 Å². The number of aromatic nitrogens is 1. The Morgan fingerprint density at radius 2 is 2.36 bits per heavy atom. The third-order valence-electron chi connectivity index (χ3n) is 1.17. The summed E-state index contributed by atoms with van der Waals surface area (Å²) in [6.07, 6.45) is 0. The van der Waals surface area contributed by atoms with Crippen molar-refractivity contribution >= 4 is 11.6 Å². The second kappa shape index (κ2) is 4.00. The largest absolute Gasteiger partial charge is 0.245 e. The lowest BCUT2D eigenvalue weighted by atomic mass is 10.3. The van der Waals surface area contributed by atoms with E-state index in [0.29, 0.717) is 5.88 Å². The molecule has 0 fully saturated rings. The maximum atomic E-state index is 5.39. The van der Waals surface area contributed by atoms with Crippen LogP contribution in [0.1, 0.15) is 11.4 Å². The third-order valence-corrected chi connectivity index (χ3v) is 1.31. The smallest absolute Gasteiger partial charge is 0.113 e. The van der Waals surface area contributed by atoms with Crippen LogP contribution in [-0.4, -0.2) is 10.9 Å². The van der Waals surface area contributed by atoms with Crippen molar-refractivity contribution in [2.75, 3.05) is 5.88 Å². The van der Waals surface area contributed by atoms with E-state index in [0.717, 1.165) is 11.4 Å². The maximum Gasteiger partial charge on any atom is 0.113 e. The average molecular weight is 166 g/mol. The molecule has 2 heteroatoms. The number of hydrogen-bond acceptors (Lipinski definition) is 1. The van der Waals surface area contributed by atoms with Crippen molar-refractivity contribution in [1.82, 2.24) is 4.98 Å². The van der Waals surface area contributed by atoms with Crippen LogP contribution in [0.2, 0.25) is 0 Å². The average Bonchev–Trinajstić information content (AvgIpc) is 2.01. The number of pyridine rings is 1. The number of rotatable bonds is 0. The Bertz CT molecular complexity index is 296. The highest BCUT2D eigenvalue weighted by Gasteiger charge is 1.86. The lowest BCUT2D eigenvalue weighted by Crippen LogP contribution is -1.84. The van der Waals surface area contributed by atoms with Crippen molar-refractivity contribution < 1.29 is 0 Å². The van der Waals surface area contributed by atoms with Gasteiger partial charge in [-0.3, -0.25) is 0 Å². The highest BCUT2D eigenvalue weighted by Crippen LogP contribution is 1.95. The molecule has 0 aromatic carbocycles. The molecule has 0 unspecified atom stereocenters. The van der Waals surface area contributed by atoms with Gasteiger partial charge < -0.3 is 0 Å². The molecular weight excluding hydrogens is 158 g/mol. The number of nitrogens with zero attached hydrogens (tertiary/aromatic N) is 1. The van der Waals surface area contributed by atoms with E-state index in [1.165, 1.54) is 0 Å². The van der Waals surface area contributed by atoms with Crippen molar-refractivity contribution in [1.29, 1.82) is 0 Å². The molecule has 0 bridgehead atoms. The van der Waals surface area contributed by atoms with Gasteiger partial charge in [0.05, 0.1) is 5.88 Å². The van der Waals surface area contributed by atoms with E-state index < -0.39 is 0 Å². The molecule has 11 heavy (non-hydrogen) atoms. The van der Waals surface area contributed by atoms with Crippen LogP contribution in [-0.2, 0) is 0 Å². The van der Waals surface area contributed by atoms with Crippen molar-refractivity contribution in [3.8, 4) is 11.8 Å². The molecule has 0 N–H and O–H groups in total. The molecule has 1 heterocycles. The van der Waals surface area contributed by atoms with E-state index in [-0.39, 0.29) is 0 Å². The molecule has 1 nitrogen and oxygen atoms in total. The van der Waals surface area contributed by atoms with Crippen LogP contribution >= 0.6 is 11.6 Å². The number of halogens is 1. The van der Waals surface area contributed by atoms with E-state index in [4.69, 9.17) is 11.6 Å². The quantitative estimate of drug-likeness (QED) is 0.423. The standard InChI is InChI=1S/C9H8ClN/c1-8-4-2-5-9(11-8)6-3-7-10/h2,4-5H,7H2,1H3. The van der Waals surface area contributed by atoms with Gasteiger partial charge in [-0.2, -0.15) is 0 Å². The molecular formula is C9H8ClN. The predicted octanol–water partition coefficient (Wildman–Crippen LogP) is 1.98. The zero-order chi connectivity index (χ0) is 8.10. The van der Waals surface area contributed by atoms with Crippen LogP contribution in [0.25, 0.3) is 0 Å². The fourth-order valence-corrected chi connectivity index (χ4v) is 0.803. The second-order valence-electron chi connectivity index (χ2n) is 2.10. The first kappa shape index (κ1) is 8.10. The molecule has 56 valence electrons. The lowest BCUT2D eigenvalue weighted by molar-refractivity contribution is 1.18. The summed E-state index contributed by atoms with van der Waals surface area (Å²) in [4.78, 5) is 4.18. The van der Waals surface area contributed by atoms with Crippen LogP contribution in [0.4, 0.5) is 0 Å². The van der Waals surface area contributed by atoms with E-state index in [9.17, 15) is 0 Å². The summed E-state index contributed by atoms with van der Waals surface area (Å²) in [6, 6.07) is 5.74. The molecule has 0 aliphatic carbocycles. The molecule has 0 saturated heterocycles. The Morgan fingerprint density at radius 1 is 1.55 bits per heavy atom.